The van der Waals surface area contributed by atoms with Crippen LogP contribution in [0, 0.1) is 0 Å². The van der Waals surface area contributed by atoms with Gasteiger partial charge in [-0.25, -0.2) is 0 Å². The minimum atomic E-state index is -0.676. The van der Waals surface area contributed by atoms with Gasteiger partial charge in [0.25, 0.3) is 0 Å². The topological polar surface area (TPSA) is 70.6 Å². The van der Waals surface area contributed by atoms with E-state index in [1.54, 1.807) is 24.3 Å². The smallest absolute Gasteiger partial charge is 0.233 e. The second kappa shape index (κ2) is 8.74. The van der Waals surface area contributed by atoms with Gasteiger partial charge < -0.3 is 20.5 Å². The third kappa shape index (κ3) is 7.00. The Hall–Kier alpha value is -1.30. The molecule has 0 fully saturated rings. The number of hydrogen-bond donors (Lipinski definition) is 3. The second-order valence-electron chi connectivity index (χ2n) is 4.00. The predicted octanol–water partition coefficient (Wildman–Crippen LogP) is 0.805. The highest BCUT2D eigenvalue weighted by atomic mass is 35.5. The number of ether oxygens (including phenoxy) is 1. The van der Waals surface area contributed by atoms with E-state index in [0.29, 0.717) is 23.9 Å². The lowest BCUT2D eigenvalue weighted by Crippen LogP contribution is -2.38. The average molecular weight is 287 g/mol. The molecule has 1 unspecified atom stereocenters. The maximum atomic E-state index is 11.1. The molecule has 3 N–H and O–H groups in total. The number of aliphatic hydroxyl groups is 1. The molecule has 0 saturated heterocycles. The monoisotopic (exact) mass is 286 g/mol. The van der Waals surface area contributed by atoms with Gasteiger partial charge in [-0.1, -0.05) is 11.6 Å². The summed E-state index contributed by atoms with van der Waals surface area (Å²) in [5, 5.41) is 15.8. The van der Waals surface area contributed by atoms with E-state index in [2.05, 4.69) is 10.6 Å². The molecule has 106 valence electrons. The van der Waals surface area contributed by atoms with Crippen molar-refractivity contribution < 1.29 is 14.6 Å². The van der Waals surface area contributed by atoms with Gasteiger partial charge >= 0.3 is 0 Å². The van der Waals surface area contributed by atoms with Crippen LogP contribution in [0.3, 0.4) is 0 Å². The fourth-order valence-corrected chi connectivity index (χ4v) is 1.52. The van der Waals surface area contributed by atoms with Crippen molar-refractivity contribution in [3.63, 3.8) is 0 Å². The lowest BCUT2D eigenvalue weighted by molar-refractivity contribution is -0.120. The summed E-state index contributed by atoms with van der Waals surface area (Å²) in [6.45, 7) is 3.09. The quantitative estimate of drug-likeness (QED) is 0.661. The molecule has 0 saturated carbocycles. The third-order valence-electron chi connectivity index (χ3n) is 2.30. The third-order valence-corrected chi connectivity index (χ3v) is 2.55. The molecule has 1 atom stereocenters. The van der Waals surface area contributed by atoms with Crippen LogP contribution in [0.25, 0.3) is 0 Å². The van der Waals surface area contributed by atoms with Gasteiger partial charge in [0, 0.05) is 18.1 Å². The maximum absolute atomic E-state index is 11.1. The first-order chi connectivity index (χ1) is 9.11. The van der Waals surface area contributed by atoms with Crippen molar-refractivity contribution >= 4 is 17.5 Å². The molecule has 1 aromatic carbocycles. The lowest BCUT2D eigenvalue weighted by atomic mass is 10.3. The minimum Gasteiger partial charge on any atom is -0.491 e. The molecule has 1 aromatic rings. The van der Waals surface area contributed by atoms with Crippen molar-refractivity contribution in [3.8, 4) is 5.75 Å². The highest BCUT2D eigenvalue weighted by molar-refractivity contribution is 6.30. The number of halogens is 1. The van der Waals surface area contributed by atoms with Crippen LogP contribution in [0.1, 0.15) is 6.92 Å². The fraction of sp³-hybridized carbons (Fsp3) is 0.462. The molecule has 0 spiro atoms. The number of amides is 1. The standard InChI is InChI=1S/C13H19ClN2O3/c1-2-16-13(18)8-15-7-11(17)9-19-12-5-3-10(14)4-6-12/h3-6,11,15,17H,2,7-9H2,1H3,(H,16,18). The summed E-state index contributed by atoms with van der Waals surface area (Å²) in [5.74, 6) is 0.556. The van der Waals surface area contributed by atoms with E-state index < -0.39 is 6.10 Å². The molecule has 1 amide bonds. The second-order valence-corrected chi connectivity index (χ2v) is 4.44. The van der Waals surface area contributed by atoms with E-state index in [1.165, 1.54) is 0 Å². The van der Waals surface area contributed by atoms with E-state index in [0.717, 1.165) is 0 Å². The molecule has 0 aliphatic rings. The summed E-state index contributed by atoms with van der Waals surface area (Å²) in [5.41, 5.74) is 0. The van der Waals surface area contributed by atoms with Crippen molar-refractivity contribution in [1.82, 2.24) is 10.6 Å². The number of rotatable bonds is 8. The van der Waals surface area contributed by atoms with Gasteiger partial charge in [-0.15, -0.1) is 0 Å². The van der Waals surface area contributed by atoms with Crippen LogP contribution < -0.4 is 15.4 Å². The Kier molecular flexibility index (Phi) is 7.25. The molecule has 5 nitrogen and oxygen atoms in total. The van der Waals surface area contributed by atoms with Crippen molar-refractivity contribution in [2.75, 3.05) is 26.2 Å². The van der Waals surface area contributed by atoms with Crippen LogP contribution >= 0.6 is 11.6 Å². The number of nitrogens with one attached hydrogen (secondary N) is 2. The molecule has 1 rings (SSSR count). The van der Waals surface area contributed by atoms with Crippen molar-refractivity contribution in [3.05, 3.63) is 29.3 Å². The summed E-state index contributed by atoms with van der Waals surface area (Å²) in [7, 11) is 0. The van der Waals surface area contributed by atoms with Gasteiger partial charge in [0.1, 0.15) is 18.5 Å². The molecule has 0 aliphatic carbocycles. The number of aliphatic hydroxyl groups excluding tert-OH is 1. The summed E-state index contributed by atoms with van der Waals surface area (Å²) in [4.78, 5) is 11.1. The Labute approximate surface area is 117 Å². The zero-order valence-corrected chi connectivity index (χ0v) is 11.6. The van der Waals surface area contributed by atoms with Gasteiger partial charge in [-0.2, -0.15) is 0 Å². The number of carbonyl (C=O) groups is 1. The first kappa shape index (κ1) is 15.8. The fourth-order valence-electron chi connectivity index (χ4n) is 1.39. The highest BCUT2D eigenvalue weighted by Crippen LogP contribution is 2.15. The van der Waals surface area contributed by atoms with E-state index >= 15 is 0 Å². The van der Waals surface area contributed by atoms with E-state index in [4.69, 9.17) is 16.3 Å². The molecular weight excluding hydrogens is 268 g/mol. The largest absolute Gasteiger partial charge is 0.491 e. The highest BCUT2D eigenvalue weighted by Gasteiger charge is 2.06. The zero-order valence-electron chi connectivity index (χ0n) is 10.9. The summed E-state index contributed by atoms with van der Waals surface area (Å²) < 4.78 is 5.38. The molecule has 19 heavy (non-hydrogen) atoms. The molecular formula is C13H19ClN2O3. The minimum absolute atomic E-state index is 0.0895. The average Bonchev–Trinajstić information content (AvgIpc) is 2.38. The Morgan fingerprint density at radius 2 is 2.11 bits per heavy atom. The number of hydrogen-bond acceptors (Lipinski definition) is 4. The molecule has 0 aromatic heterocycles. The first-order valence-electron chi connectivity index (χ1n) is 6.15. The van der Waals surface area contributed by atoms with Crippen LogP contribution in [0.15, 0.2) is 24.3 Å². The molecule has 0 heterocycles. The van der Waals surface area contributed by atoms with Crippen LogP contribution in [-0.4, -0.2) is 43.4 Å². The van der Waals surface area contributed by atoms with E-state index in [1.807, 2.05) is 6.92 Å². The summed E-state index contributed by atoms with van der Waals surface area (Å²) in [6.07, 6.45) is -0.676. The van der Waals surface area contributed by atoms with Crippen LogP contribution in [0.5, 0.6) is 5.75 Å². The van der Waals surface area contributed by atoms with Crippen molar-refractivity contribution in [2.45, 2.75) is 13.0 Å². The van der Waals surface area contributed by atoms with Gasteiger partial charge in [0.2, 0.25) is 5.91 Å². The Morgan fingerprint density at radius 3 is 2.74 bits per heavy atom. The van der Waals surface area contributed by atoms with Gasteiger partial charge in [0.05, 0.1) is 6.54 Å². The van der Waals surface area contributed by atoms with Crippen LogP contribution in [-0.2, 0) is 4.79 Å². The summed E-state index contributed by atoms with van der Waals surface area (Å²) in [6, 6.07) is 6.90. The normalized spacial score (nSPS) is 11.9. The van der Waals surface area contributed by atoms with E-state index in [9.17, 15) is 9.90 Å². The first-order valence-corrected chi connectivity index (χ1v) is 6.53. The number of carbonyl (C=O) groups excluding carboxylic acids is 1. The van der Waals surface area contributed by atoms with Crippen molar-refractivity contribution in [2.24, 2.45) is 0 Å². The molecule has 0 aliphatic heterocycles. The molecule has 0 radical (unpaired) electrons. The van der Waals surface area contributed by atoms with Crippen LogP contribution in [0.4, 0.5) is 0 Å². The van der Waals surface area contributed by atoms with Crippen LogP contribution in [0.2, 0.25) is 5.02 Å². The lowest BCUT2D eigenvalue weighted by Gasteiger charge is -2.13. The zero-order chi connectivity index (χ0) is 14.1. The molecule has 0 bridgehead atoms. The maximum Gasteiger partial charge on any atom is 0.233 e. The van der Waals surface area contributed by atoms with E-state index in [-0.39, 0.29) is 19.1 Å². The number of likely N-dealkylation sites (N-methyl/N-ethyl adjacent to an activating group) is 1. The van der Waals surface area contributed by atoms with Gasteiger partial charge in [-0.3, -0.25) is 4.79 Å². The van der Waals surface area contributed by atoms with Crippen molar-refractivity contribution in [1.29, 1.82) is 0 Å². The Balaban J connectivity index is 2.15. The number of benzene rings is 1. The molecule has 6 heteroatoms. The Bertz CT molecular complexity index is 384. The predicted molar refractivity (Wildman–Crippen MR) is 74.5 cm³/mol. The van der Waals surface area contributed by atoms with Gasteiger partial charge in [0.15, 0.2) is 0 Å². The Morgan fingerprint density at radius 1 is 1.42 bits per heavy atom. The summed E-state index contributed by atoms with van der Waals surface area (Å²) >= 11 is 5.75. The van der Waals surface area contributed by atoms with Gasteiger partial charge in [-0.05, 0) is 31.2 Å². The SMILES string of the molecule is CCNC(=O)CNCC(O)COc1ccc(Cl)cc1.